The van der Waals surface area contributed by atoms with Crippen LogP contribution in [0.2, 0.25) is 0 Å². The number of carbonyl (C=O) groups excluding carboxylic acids is 3. The Labute approximate surface area is 236 Å². The zero-order chi connectivity index (χ0) is 28.7. The number of aromatic hydroxyl groups is 1. The molecule has 11 nitrogen and oxygen atoms in total. The molecule has 4 rings (SSSR count). The Morgan fingerprint density at radius 2 is 1.75 bits per heavy atom. The van der Waals surface area contributed by atoms with Crippen LogP contribution in [0.3, 0.4) is 0 Å². The quantitative estimate of drug-likeness (QED) is 0.161. The van der Waals surface area contributed by atoms with Gasteiger partial charge >= 0.3 is 0 Å². The van der Waals surface area contributed by atoms with Crippen molar-refractivity contribution in [3.8, 4) is 5.75 Å². The van der Waals surface area contributed by atoms with Crippen molar-refractivity contribution in [2.75, 3.05) is 39.5 Å². The number of nitrogens with zero attached hydrogens (tertiary/aromatic N) is 1. The van der Waals surface area contributed by atoms with Crippen LogP contribution in [0.15, 0.2) is 24.3 Å². The minimum atomic E-state index is -1.24. The number of hydrogen-bond donors (Lipinski definition) is 5. The van der Waals surface area contributed by atoms with Crippen molar-refractivity contribution in [2.45, 2.75) is 82.3 Å². The minimum Gasteiger partial charge on any atom is -0.508 e. The van der Waals surface area contributed by atoms with E-state index in [1.54, 1.807) is 38.1 Å². The van der Waals surface area contributed by atoms with Gasteiger partial charge in [0.2, 0.25) is 11.8 Å². The molecule has 1 aromatic carbocycles. The number of hydrogen-bond acceptors (Lipinski definition) is 9. The van der Waals surface area contributed by atoms with Gasteiger partial charge in [-0.1, -0.05) is 37.8 Å². The molecule has 2 aliphatic heterocycles. The van der Waals surface area contributed by atoms with E-state index in [0.717, 1.165) is 31.2 Å². The van der Waals surface area contributed by atoms with Crippen LogP contribution < -0.4 is 16.0 Å². The molecule has 3 fully saturated rings. The van der Waals surface area contributed by atoms with Gasteiger partial charge < -0.3 is 30.3 Å². The van der Waals surface area contributed by atoms with Crippen LogP contribution in [-0.2, 0) is 30.3 Å². The van der Waals surface area contributed by atoms with E-state index in [1.165, 1.54) is 0 Å². The van der Waals surface area contributed by atoms with Gasteiger partial charge in [-0.05, 0) is 50.3 Å². The number of phenolic OH excluding ortho intramolecular Hbond substituents is 1. The smallest absolute Gasteiger partial charge is 0.242 e. The molecule has 0 spiro atoms. The number of epoxide rings is 1. The Bertz CT molecular complexity index is 1000. The van der Waals surface area contributed by atoms with Gasteiger partial charge in [-0.3, -0.25) is 24.6 Å². The molecule has 5 atom stereocenters. The largest absolute Gasteiger partial charge is 0.508 e. The molecule has 0 radical (unpaired) electrons. The van der Waals surface area contributed by atoms with Gasteiger partial charge in [-0.25, -0.2) is 0 Å². The number of nitrogens with one attached hydrogen (secondary N) is 3. The first kappa shape index (κ1) is 30.4. The summed E-state index contributed by atoms with van der Waals surface area (Å²) in [5.41, 5.74) is -0.0607. The van der Waals surface area contributed by atoms with Gasteiger partial charge in [0, 0.05) is 13.1 Å². The van der Waals surface area contributed by atoms with Crippen LogP contribution >= 0.6 is 0 Å². The Kier molecular flexibility index (Phi) is 10.5. The molecule has 0 aromatic heterocycles. The number of carbonyl (C=O) groups is 3. The zero-order valence-corrected chi connectivity index (χ0v) is 23.6. The van der Waals surface area contributed by atoms with Crippen molar-refractivity contribution in [3.63, 3.8) is 0 Å². The topological polar surface area (TPSA) is 153 Å². The standard InChI is InChI=1S/C29H44N4O7/c1-19(30-25(35)17-33-11-13-39-14-12-33)27(37)32-24(16-21-7-9-22(34)10-8-21)28(38)31-23(15-20-5-3-4-6-20)26(36)29(2)18-40-29/h7-10,19-20,23-24,28,31,34,38H,3-6,11-18H2,1-2H3,(H,30,35)(H,32,37). The first-order valence-corrected chi connectivity index (χ1v) is 14.4. The molecule has 2 amide bonds. The lowest BCUT2D eigenvalue weighted by atomic mass is 9.90. The molecule has 3 aliphatic rings. The molecule has 5 N–H and O–H groups in total. The van der Waals surface area contributed by atoms with E-state index in [-0.39, 0.29) is 30.4 Å². The molecule has 1 saturated carbocycles. The van der Waals surface area contributed by atoms with E-state index in [0.29, 0.717) is 45.2 Å². The fraction of sp³-hybridized carbons (Fsp3) is 0.690. The number of rotatable bonds is 14. The third-order valence-corrected chi connectivity index (χ3v) is 8.17. The first-order chi connectivity index (χ1) is 19.1. The minimum absolute atomic E-state index is 0.0862. The number of morpholine rings is 1. The average molecular weight is 561 g/mol. The van der Waals surface area contributed by atoms with Crippen molar-refractivity contribution in [3.05, 3.63) is 29.8 Å². The summed E-state index contributed by atoms with van der Waals surface area (Å²) >= 11 is 0. The highest BCUT2D eigenvalue weighted by Gasteiger charge is 2.50. The lowest BCUT2D eigenvalue weighted by Crippen LogP contribution is -2.59. The second kappa shape index (κ2) is 13.9. The Hall–Kier alpha value is -2.57. The number of ether oxygens (including phenoxy) is 2. The summed E-state index contributed by atoms with van der Waals surface area (Å²) in [6, 6.07) is 4.26. The molecule has 1 aliphatic carbocycles. The summed E-state index contributed by atoms with van der Waals surface area (Å²) in [6.45, 7) is 6.36. The molecular weight excluding hydrogens is 516 g/mol. The molecule has 222 valence electrons. The average Bonchev–Trinajstić information content (AvgIpc) is 3.47. The maximum absolute atomic E-state index is 13.3. The maximum atomic E-state index is 13.3. The highest BCUT2D eigenvalue weighted by molar-refractivity contribution is 5.94. The Morgan fingerprint density at radius 3 is 2.38 bits per heavy atom. The van der Waals surface area contributed by atoms with Gasteiger partial charge in [0.1, 0.15) is 23.6 Å². The Morgan fingerprint density at radius 1 is 1.10 bits per heavy atom. The fourth-order valence-corrected chi connectivity index (χ4v) is 5.52. The predicted octanol–water partition coefficient (Wildman–Crippen LogP) is 0.471. The van der Waals surface area contributed by atoms with E-state index in [1.807, 2.05) is 4.90 Å². The number of phenols is 1. The normalized spacial score (nSPS) is 24.6. The Balaban J connectivity index is 1.42. The predicted molar refractivity (Wildman–Crippen MR) is 147 cm³/mol. The second-order valence-electron chi connectivity index (χ2n) is 11.6. The second-order valence-corrected chi connectivity index (χ2v) is 11.6. The molecule has 2 heterocycles. The lowest BCUT2D eigenvalue weighted by Gasteiger charge is -2.31. The van der Waals surface area contributed by atoms with Gasteiger partial charge in [-0.15, -0.1) is 0 Å². The third kappa shape index (κ3) is 8.71. The van der Waals surface area contributed by atoms with Crippen molar-refractivity contribution in [2.24, 2.45) is 5.92 Å². The van der Waals surface area contributed by atoms with Crippen LogP contribution in [0.4, 0.5) is 0 Å². The maximum Gasteiger partial charge on any atom is 0.242 e. The van der Waals surface area contributed by atoms with Crippen molar-refractivity contribution >= 4 is 17.6 Å². The molecule has 2 saturated heterocycles. The number of Topliss-reactive ketones (excluding diaryl/α,β-unsaturated/α-hetero) is 1. The zero-order valence-electron chi connectivity index (χ0n) is 23.6. The van der Waals surface area contributed by atoms with E-state index >= 15 is 0 Å². The number of ketones is 1. The number of aliphatic hydroxyl groups is 1. The van der Waals surface area contributed by atoms with Crippen LogP contribution in [0.5, 0.6) is 5.75 Å². The molecule has 5 unspecified atom stereocenters. The molecule has 0 bridgehead atoms. The molecular formula is C29H44N4O7. The summed E-state index contributed by atoms with van der Waals surface area (Å²) in [4.78, 5) is 41.0. The highest BCUT2D eigenvalue weighted by Crippen LogP contribution is 2.33. The first-order valence-electron chi connectivity index (χ1n) is 14.4. The molecule has 40 heavy (non-hydrogen) atoms. The summed E-state index contributed by atoms with van der Waals surface area (Å²) in [5, 5.41) is 29.8. The molecule has 11 heteroatoms. The number of aliphatic hydroxyl groups excluding tert-OH is 1. The van der Waals surface area contributed by atoms with Crippen LogP contribution in [-0.4, -0.2) is 102 Å². The van der Waals surface area contributed by atoms with Crippen molar-refractivity contribution in [1.82, 2.24) is 20.9 Å². The summed E-state index contributed by atoms with van der Waals surface area (Å²) in [5.74, 6) is -0.298. The monoisotopic (exact) mass is 560 g/mol. The van der Waals surface area contributed by atoms with E-state index in [9.17, 15) is 24.6 Å². The van der Waals surface area contributed by atoms with Crippen molar-refractivity contribution in [1.29, 1.82) is 0 Å². The van der Waals surface area contributed by atoms with Gasteiger partial charge in [0.05, 0.1) is 38.4 Å². The SMILES string of the molecule is CC(NC(=O)CN1CCOCC1)C(=O)NC(Cc1ccc(O)cc1)C(O)NC(CC1CCCC1)C(=O)C1(C)CO1. The summed E-state index contributed by atoms with van der Waals surface area (Å²) in [7, 11) is 0. The van der Waals surface area contributed by atoms with Crippen LogP contribution in [0.1, 0.15) is 51.5 Å². The lowest BCUT2D eigenvalue weighted by molar-refractivity contribution is -0.131. The van der Waals surface area contributed by atoms with Gasteiger partial charge in [-0.2, -0.15) is 0 Å². The van der Waals surface area contributed by atoms with Gasteiger partial charge in [0.15, 0.2) is 5.78 Å². The summed E-state index contributed by atoms with van der Waals surface area (Å²) < 4.78 is 10.7. The number of amides is 2. The van der Waals surface area contributed by atoms with E-state index < -0.39 is 35.9 Å². The van der Waals surface area contributed by atoms with Crippen LogP contribution in [0, 0.1) is 5.92 Å². The van der Waals surface area contributed by atoms with Gasteiger partial charge in [0.25, 0.3) is 0 Å². The van der Waals surface area contributed by atoms with Crippen LogP contribution in [0.25, 0.3) is 0 Å². The molecule has 1 aromatic rings. The fourth-order valence-electron chi connectivity index (χ4n) is 5.52. The highest BCUT2D eigenvalue weighted by atomic mass is 16.6. The summed E-state index contributed by atoms with van der Waals surface area (Å²) in [6.07, 6.45) is 3.97. The van der Waals surface area contributed by atoms with Crippen molar-refractivity contribution < 1.29 is 34.1 Å². The van der Waals surface area contributed by atoms with E-state index in [2.05, 4.69) is 16.0 Å². The van der Waals surface area contributed by atoms with E-state index in [4.69, 9.17) is 9.47 Å². The number of benzene rings is 1. The third-order valence-electron chi connectivity index (χ3n) is 8.17.